The molecule has 0 aromatic carbocycles. The number of nitrogens with one attached hydrogen (secondary N) is 1. The standard InChI is InChI=1S/C9H14BrN3O/c1-6(14)9(2,3)13-8-4-7(10)11-5-12-8/h4-6,14H,1-3H3,(H,11,12,13). The largest absolute Gasteiger partial charge is 0.391 e. The Balaban J connectivity index is 2.78. The molecule has 1 unspecified atom stereocenters. The zero-order chi connectivity index (χ0) is 10.8. The van der Waals surface area contributed by atoms with Crippen molar-refractivity contribution < 1.29 is 5.11 Å². The number of aliphatic hydroxyl groups is 1. The molecule has 5 heteroatoms. The molecule has 0 amide bonds. The highest BCUT2D eigenvalue weighted by Crippen LogP contribution is 2.17. The first-order valence-corrected chi connectivity index (χ1v) is 5.15. The lowest BCUT2D eigenvalue weighted by Gasteiger charge is -2.29. The molecule has 0 fully saturated rings. The van der Waals surface area contributed by atoms with Gasteiger partial charge in [0.1, 0.15) is 16.7 Å². The second-order valence-electron chi connectivity index (χ2n) is 3.75. The van der Waals surface area contributed by atoms with E-state index in [0.717, 1.165) is 4.60 Å². The maximum Gasteiger partial charge on any atom is 0.130 e. The van der Waals surface area contributed by atoms with Crippen molar-refractivity contribution in [1.29, 1.82) is 0 Å². The zero-order valence-corrected chi connectivity index (χ0v) is 10.0. The van der Waals surface area contributed by atoms with Crippen LogP contribution in [0.15, 0.2) is 17.0 Å². The van der Waals surface area contributed by atoms with Gasteiger partial charge in [0, 0.05) is 6.07 Å². The lowest BCUT2D eigenvalue weighted by Crippen LogP contribution is -2.42. The summed E-state index contributed by atoms with van der Waals surface area (Å²) in [6.07, 6.45) is 1.00. The highest BCUT2D eigenvalue weighted by atomic mass is 79.9. The molecular weight excluding hydrogens is 246 g/mol. The van der Waals surface area contributed by atoms with Crippen molar-refractivity contribution in [2.24, 2.45) is 0 Å². The van der Waals surface area contributed by atoms with Gasteiger partial charge in [-0.15, -0.1) is 0 Å². The van der Waals surface area contributed by atoms with Crippen LogP contribution >= 0.6 is 15.9 Å². The fourth-order valence-corrected chi connectivity index (χ4v) is 1.14. The van der Waals surface area contributed by atoms with E-state index in [1.54, 1.807) is 13.0 Å². The SMILES string of the molecule is CC(O)C(C)(C)Nc1cc(Br)ncn1. The third-order valence-corrected chi connectivity index (χ3v) is 2.56. The van der Waals surface area contributed by atoms with Crippen molar-refractivity contribution in [1.82, 2.24) is 9.97 Å². The predicted molar refractivity (Wildman–Crippen MR) is 59.1 cm³/mol. The summed E-state index contributed by atoms with van der Waals surface area (Å²) >= 11 is 3.25. The number of hydrogen-bond acceptors (Lipinski definition) is 4. The molecule has 0 aliphatic heterocycles. The van der Waals surface area contributed by atoms with E-state index in [1.807, 2.05) is 13.8 Å². The summed E-state index contributed by atoms with van der Waals surface area (Å²) in [6, 6.07) is 1.77. The average molecular weight is 260 g/mol. The first-order valence-electron chi connectivity index (χ1n) is 4.35. The van der Waals surface area contributed by atoms with Crippen LogP contribution in [0, 0.1) is 0 Å². The normalized spacial score (nSPS) is 13.8. The molecule has 78 valence electrons. The molecule has 1 heterocycles. The Morgan fingerprint density at radius 2 is 2.14 bits per heavy atom. The van der Waals surface area contributed by atoms with E-state index in [4.69, 9.17) is 0 Å². The zero-order valence-electron chi connectivity index (χ0n) is 8.45. The van der Waals surface area contributed by atoms with Crippen LogP contribution in [-0.4, -0.2) is 26.7 Å². The first-order chi connectivity index (χ1) is 6.42. The van der Waals surface area contributed by atoms with Gasteiger partial charge >= 0.3 is 0 Å². The topological polar surface area (TPSA) is 58.0 Å². The molecule has 0 radical (unpaired) electrons. The van der Waals surface area contributed by atoms with Crippen LogP contribution in [0.5, 0.6) is 0 Å². The summed E-state index contributed by atoms with van der Waals surface area (Å²) in [4.78, 5) is 7.96. The fourth-order valence-electron chi connectivity index (χ4n) is 0.836. The molecule has 0 spiro atoms. The molecule has 2 N–H and O–H groups in total. The van der Waals surface area contributed by atoms with E-state index in [-0.39, 0.29) is 0 Å². The van der Waals surface area contributed by atoms with Crippen molar-refractivity contribution in [3.05, 3.63) is 17.0 Å². The second-order valence-corrected chi connectivity index (χ2v) is 4.56. The first kappa shape index (κ1) is 11.4. The van der Waals surface area contributed by atoms with Crippen LogP contribution in [0.2, 0.25) is 0 Å². The van der Waals surface area contributed by atoms with Crippen molar-refractivity contribution in [3.8, 4) is 0 Å². The van der Waals surface area contributed by atoms with E-state index in [0.29, 0.717) is 5.82 Å². The van der Waals surface area contributed by atoms with Crippen LogP contribution in [-0.2, 0) is 0 Å². The Labute approximate surface area is 91.9 Å². The summed E-state index contributed by atoms with van der Waals surface area (Å²) in [5.74, 6) is 0.692. The van der Waals surface area contributed by atoms with Crippen molar-refractivity contribution in [2.45, 2.75) is 32.4 Å². The Hall–Kier alpha value is -0.680. The molecule has 0 bridgehead atoms. The summed E-state index contributed by atoms with van der Waals surface area (Å²) in [7, 11) is 0. The molecule has 0 saturated heterocycles. The van der Waals surface area contributed by atoms with Gasteiger partial charge in [0.15, 0.2) is 0 Å². The van der Waals surface area contributed by atoms with Crippen molar-refractivity contribution >= 4 is 21.7 Å². The molecule has 1 rings (SSSR count). The summed E-state index contributed by atoms with van der Waals surface area (Å²) < 4.78 is 0.719. The number of aromatic nitrogens is 2. The molecule has 1 aromatic rings. The monoisotopic (exact) mass is 259 g/mol. The lowest BCUT2D eigenvalue weighted by molar-refractivity contribution is 0.133. The van der Waals surface area contributed by atoms with Crippen LogP contribution < -0.4 is 5.32 Å². The minimum atomic E-state index is -0.462. The van der Waals surface area contributed by atoms with Gasteiger partial charge in [0.25, 0.3) is 0 Å². The number of aliphatic hydroxyl groups excluding tert-OH is 1. The van der Waals surface area contributed by atoms with Gasteiger partial charge in [-0.2, -0.15) is 0 Å². The Bertz CT molecular complexity index is 315. The Morgan fingerprint density at radius 3 is 2.64 bits per heavy atom. The number of halogens is 1. The molecule has 0 aliphatic rings. The van der Waals surface area contributed by atoms with Crippen LogP contribution in [0.4, 0.5) is 5.82 Å². The van der Waals surface area contributed by atoms with E-state index in [2.05, 4.69) is 31.2 Å². The second kappa shape index (κ2) is 4.23. The maximum atomic E-state index is 9.49. The predicted octanol–water partition coefficient (Wildman–Crippen LogP) is 1.81. The van der Waals surface area contributed by atoms with Gasteiger partial charge in [-0.3, -0.25) is 0 Å². The van der Waals surface area contributed by atoms with E-state index in [1.165, 1.54) is 6.33 Å². The van der Waals surface area contributed by atoms with Gasteiger partial charge in [0.2, 0.25) is 0 Å². The van der Waals surface area contributed by atoms with Crippen LogP contribution in [0.3, 0.4) is 0 Å². The maximum absolute atomic E-state index is 9.49. The molecule has 0 aliphatic carbocycles. The Kier molecular flexibility index (Phi) is 3.44. The lowest BCUT2D eigenvalue weighted by atomic mass is 9.99. The van der Waals surface area contributed by atoms with Crippen molar-refractivity contribution in [3.63, 3.8) is 0 Å². The van der Waals surface area contributed by atoms with E-state index >= 15 is 0 Å². The van der Waals surface area contributed by atoms with E-state index < -0.39 is 11.6 Å². The minimum absolute atomic E-state index is 0.409. The summed E-state index contributed by atoms with van der Waals surface area (Å²) in [5.41, 5.74) is -0.409. The van der Waals surface area contributed by atoms with Gasteiger partial charge < -0.3 is 10.4 Å². The third-order valence-electron chi connectivity index (χ3n) is 2.13. The highest BCUT2D eigenvalue weighted by Gasteiger charge is 2.23. The smallest absolute Gasteiger partial charge is 0.130 e. The quantitative estimate of drug-likeness (QED) is 0.814. The molecule has 0 saturated carbocycles. The molecule has 1 aromatic heterocycles. The summed E-state index contributed by atoms with van der Waals surface area (Å²) in [6.45, 7) is 5.56. The van der Waals surface area contributed by atoms with Crippen molar-refractivity contribution in [2.75, 3.05) is 5.32 Å². The highest BCUT2D eigenvalue weighted by molar-refractivity contribution is 9.10. The number of hydrogen-bond donors (Lipinski definition) is 2. The van der Waals surface area contributed by atoms with Crippen LogP contribution in [0.1, 0.15) is 20.8 Å². The number of rotatable bonds is 3. The molecule has 4 nitrogen and oxygen atoms in total. The van der Waals surface area contributed by atoms with Gasteiger partial charge in [-0.05, 0) is 36.7 Å². The number of anilines is 1. The Morgan fingerprint density at radius 1 is 1.50 bits per heavy atom. The fraction of sp³-hybridized carbons (Fsp3) is 0.556. The van der Waals surface area contributed by atoms with Gasteiger partial charge in [-0.25, -0.2) is 9.97 Å². The molecule has 14 heavy (non-hydrogen) atoms. The molecule has 1 atom stereocenters. The average Bonchev–Trinajstić information content (AvgIpc) is 2.02. The number of nitrogens with zero attached hydrogens (tertiary/aromatic N) is 2. The van der Waals surface area contributed by atoms with Gasteiger partial charge in [0.05, 0.1) is 11.6 Å². The van der Waals surface area contributed by atoms with Gasteiger partial charge in [-0.1, -0.05) is 0 Å². The van der Waals surface area contributed by atoms with E-state index in [9.17, 15) is 5.11 Å². The summed E-state index contributed by atoms with van der Waals surface area (Å²) in [5, 5.41) is 12.6. The molecular formula is C9H14BrN3O. The third kappa shape index (κ3) is 2.92. The minimum Gasteiger partial charge on any atom is -0.391 e. The van der Waals surface area contributed by atoms with Crippen LogP contribution in [0.25, 0.3) is 0 Å².